The molecule has 0 aliphatic heterocycles. The van der Waals surface area contributed by atoms with E-state index in [0.29, 0.717) is 11.7 Å². The number of allylic oxidation sites excluding steroid dienone is 2. The van der Waals surface area contributed by atoms with Gasteiger partial charge in [0, 0.05) is 23.7 Å². The highest BCUT2D eigenvalue weighted by Crippen LogP contribution is 2.75. The van der Waals surface area contributed by atoms with Gasteiger partial charge in [0.2, 0.25) is 0 Å². The molecule has 6 nitrogen and oxygen atoms in total. The summed E-state index contributed by atoms with van der Waals surface area (Å²) in [4.78, 5) is 46.0. The fourth-order valence-electron chi connectivity index (χ4n) is 11.5. The lowest BCUT2D eigenvalue weighted by molar-refractivity contribution is -0.210. The Hall–Kier alpha value is -2.63. The summed E-state index contributed by atoms with van der Waals surface area (Å²) in [6.45, 7) is 17.7. The van der Waals surface area contributed by atoms with E-state index in [4.69, 9.17) is 9.57 Å². The molecule has 6 heteroatoms. The van der Waals surface area contributed by atoms with Gasteiger partial charge in [-0.3, -0.25) is 14.4 Å². The first-order valence-electron chi connectivity index (χ1n) is 17.0. The van der Waals surface area contributed by atoms with E-state index in [1.54, 1.807) is 0 Å². The summed E-state index contributed by atoms with van der Waals surface area (Å²) in [5.41, 5.74) is 2.91. The zero-order valence-electron chi connectivity index (χ0n) is 28.2. The molecule has 0 bridgehead atoms. The highest BCUT2D eigenvalue weighted by molar-refractivity contribution is 5.95. The number of benzene rings is 1. The number of hydroxylamine groups is 1. The number of hydrogen-bond acceptors (Lipinski definition) is 5. The van der Waals surface area contributed by atoms with Crippen LogP contribution in [0.25, 0.3) is 0 Å². The highest BCUT2D eigenvalue weighted by Gasteiger charge is 2.70. The molecular formula is C38H53NO5. The zero-order valence-corrected chi connectivity index (χ0v) is 28.2. The number of esters is 1. The Morgan fingerprint density at radius 1 is 0.864 bits per heavy atom. The Morgan fingerprint density at radius 2 is 1.55 bits per heavy atom. The third-order valence-electron chi connectivity index (χ3n) is 14.4. The second kappa shape index (κ2) is 10.2. The molecule has 5 aliphatic rings. The number of amides is 1. The second-order valence-corrected chi connectivity index (χ2v) is 17.1. The Morgan fingerprint density at radius 3 is 2.23 bits per heavy atom. The molecule has 0 aromatic heterocycles. The maximum Gasteiger partial charge on any atom is 0.302 e. The van der Waals surface area contributed by atoms with E-state index in [0.717, 1.165) is 57.8 Å². The molecule has 44 heavy (non-hydrogen) atoms. The highest BCUT2D eigenvalue weighted by atomic mass is 16.7. The molecule has 1 aromatic carbocycles. The fraction of sp³-hybridized carbons (Fsp3) is 0.711. The van der Waals surface area contributed by atoms with Crippen LogP contribution in [0.5, 0.6) is 5.75 Å². The summed E-state index contributed by atoms with van der Waals surface area (Å²) in [6.07, 6.45) is 10.3. The van der Waals surface area contributed by atoms with E-state index in [9.17, 15) is 14.4 Å². The SMILES string of the molecule is CC(=O)O[C@H]1CC[C@]2(C)[C@H]3C(=O)C=C4[C@@H]5C[C@@](C)(C(=O)NOc6ccccc6)CC[C@]5(C)CC[C@@]4(C)[C@]3(C)CC[C@H]2C1(C)C. The first kappa shape index (κ1) is 31.4. The maximum atomic E-state index is 14.6. The lowest BCUT2D eigenvalue weighted by Crippen LogP contribution is -2.66. The largest absolute Gasteiger partial charge is 0.462 e. The van der Waals surface area contributed by atoms with Crippen LogP contribution >= 0.6 is 0 Å². The third-order valence-corrected chi connectivity index (χ3v) is 14.4. The molecular weight excluding hydrogens is 550 g/mol. The van der Waals surface area contributed by atoms with Crippen molar-refractivity contribution in [1.29, 1.82) is 0 Å². The standard InChI is InChI=1S/C38H53NO5/c1-24(40)43-30-15-16-36(6)29(33(30,2)3)14-17-38(8)31(36)28(41)22-26-27-23-35(5,19-18-34(27,4)20-21-37(26,38)7)32(42)39-44-25-12-10-9-11-13-25/h9-13,22,27,29-31H,14-21,23H2,1-8H3,(H,39,42)/t27-,29-,30-,31+,34+,35-,36-,37+,38+/m0/s1. The first-order chi connectivity index (χ1) is 20.5. The van der Waals surface area contributed by atoms with Crippen LogP contribution in [0.4, 0.5) is 0 Å². The molecule has 0 spiro atoms. The number of carbonyl (C=O) groups excluding carboxylic acids is 3. The number of hydrogen-bond donors (Lipinski definition) is 1. The smallest absolute Gasteiger partial charge is 0.302 e. The first-order valence-corrected chi connectivity index (χ1v) is 17.0. The third kappa shape index (κ3) is 4.43. The van der Waals surface area contributed by atoms with Gasteiger partial charge < -0.3 is 9.57 Å². The van der Waals surface area contributed by atoms with Gasteiger partial charge in [0.25, 0.3) is 5.91 Å². The van der Waals surface area contributed by atoms with E-state index >= 15 is 0 Å². The lowest BCUT2D eigenvalue weighted by Gasteiger charge is -2.70. The van der Waals surface area contributed by atoms with Gasteiger partial charge in [-0.25, -0.2) is 0 Å². The van der Waals surface area contributed by atoms with E-state index in [-0.39, 0.29) is 62.7 Å². The number of carbonyl (C=O) groups is 3. The van der Waals surface area contributed by atoms with Crippen LogP contribution in [-0.4, -0.2) is 23.8 Å². The minimum absolute atomic E-state index is 0.0676. The molecule has 4 fully saturated rings. The van der Waals surface area contributed by atoms with Crippen molar-refractivity contribution in [3.63, 3.8) is 0 Å². The van der Waals surface area contributed by atoms with Crippen LogP contribution in [0, 0.1) is 50.2 Å². The van der Waals surface area contributed by atoms with Crippen LogP contribution in [0.1, 0.15) is 113 Å². The number of ether oxygens (including phenoxy) is 1. The van der Waals surface area contributed by atoms with Crippen molar-refractivity contribution < 1.29 is 24.0 Å². The Labute approximate surface area is 264 Å². The van der Waals surface area contributed by atoms with Gasteiger partial charge in [-0.05, 0) is 109 Å². The number of rotatable bonds is 4. The van der Waals surface area contributed by atoms with Gasteiger partial charge in [0.05, 0.1) is 0 Å². The quantitative estimate of drug-likeness (QED) is 0.279. The van der Waals surface area contributed by atoms with Gasteiger partial charge in [0.15, 0.2) is 11.5 Å². The molecule has 5 aliphatic carbocycles. The maximum absolute atomic E-state index is 14.6. The topological polar surface area (TPSA) is 81.7 Å². The summed E-state index contributed by atoms with van der Waals surface area (Å²) in [6, 6.07) is 9.37. The molecule has 0 saturated heterocycles. The normalized spacial score (nSPS) is 44.1. The Bertz CT molecular complexity index is 1380. The predicted octanol–water partition coefficient (Wildman–Crippen LogP) is 8.01. The minimum Gasteiger partial charge on any atom is -0.462 e. The summed E-state index contributed by atoms with van der Waals surface area (Å²) in [5, 5.41) is 0. The second-order valence-electron chi connectivity index (χ2n) is 17.1. The van der Waals surface area contributed by atoms with Gasteiger partial charge in [-0.2, -0.15) is 5.48 Å². The zero-order chi connectivity index (χ0) is 31.9. The van der Waals surface area contributed by atoms with Crippen LogP contribution in [-0.2, 0) is 19.1 Å². The average molecular weight is 604 g/mol. The fourth-order valence-corrected chi connectivity index (χ4v) is 11.5. The summed E-state index contributed by atoms with van der Waals surface area (Å²) >= 11 is 0. The molecule has 0 unspecified atom stereocenters. The minimum atomic E-state index is -0.582. The van der Waals surface area contributed by atoms with Crippen molar-refractivity contribution in [3.05, 3.63) is 42.0 Å². The number of fused-ring (bicyclic) bond motifs is 7. The van der Waals surface area contributed by atoms with E-state index in [2.05, 4.69) is 60.0 Å². The van der Waals surface area contributed by atoms with Crippen LogP contribution in [0.15, 0.2) is 42.0 Å². The van der Waals surface area contributed by atoms with Crippen molar-refractivity contribution in [2.45, 2.75) is 119 Å². The number of para-hydroxylation sites is 1. The van der Waals surface area contributed by atoms with Crippen LogP contribution in [0.3, 0.4) is 0 Å². The number of ketones is 1. The lowest BCUT2D eigenvalue weighted by atomic mass is 9.33. The summed E-state index contributed by atoms with van der Waals surface area (Å²) in [7, 11) is 0. The predicted molar refractivity (Wildman–Crippen MR) is 170 cm³/mol. The Kier molecular flexibility index (Phi) is 7.26. The summed E-state index contributed by atoms with van der Waals surface area (Å²) in [5.74, 6) is 1.00. The van der Waals surface area contributed by atoms with Crippen LogP contribution in [0.2, 0.25) is 0 Å². The molecule has 9 atom stereocenters. The molecule has 0 heterocycles. The van der Waals surface area contributed by atoms with Gasteiger partial charge >= 0.3 is 5.97 Å². The molecule has 6 rings (SSSR count). The molecule has 4 saturated carbocycles. The van der Waals surface area contributed by atoms with Crippen molar-refractivity contribution >= 4 is 17.7 Å². The van der Waals surface area contributed by atoms with Gasteiger partial charge in [0.1, 0.15) is 6.10 Å². The summed E-state index contributed by atoms with van der Waals surface area (Å²) < 4.78 is 5.87. The van der Waals surface area contributed by atoms with Crippen molar-refractivity contribution in [2.24, 2.45) is 50.2 Å². The monoisotopic (exact) mass is 603 g/mol. The van der Waals surface area contributed by atoms with E-state index in [1.165, 1.54) is 12.5 Å². The molecule has 0 radical (unpaired) electrons. The van der Waals surface area contributed by atoms with Crippen LogP contribution < -0.4 is 10.3 Å². The van der Waals surface area contributed by atoms with E-state index < -0.39 is 5.41 Å². The molecule has 1 aromatic rings. The van der Waals surface area contributed by atoms with E-state index in [1.807, 2.05) is 30.3 Å². The average Bonchev–Trinajstić information content (AvgIpc) is 2.95. The molecule has 240 valence electrons. The van der Waals surface area contributed by atoms with Crippen molar-refractivity contribution in [3.8, 4) is 5.75 Å². The molecule has 1 amide bonds. The van der Waals surface area contributed by atoms with Crippen molar-refractivity contribution in [2.75, 3.05) is 0 Å². The Balaban J connectivity index is 1.32. The van der Waals surface area contributed by atoms with Gasteiger partial charge in [-0.1, -0.05) is 72.2 Å². The molecule has 1 N–H and O–H groups in total. The van der Waals surface area contributed by atoms with Crippen molar-refractivity contribution in [1.82, 2.24) is 5.48 Å². The van der Waals surface area contributed by atoms with Gasteiger partial charge in [-0.15, -0.1) is 0 Å². The number of nitrogens with one attached hydrogen (secondary N) is 1.